The topological polar surface area (TPSA) is 43.4 Å². The maximum absolute atomic E-state index is 12.9. The second-order valence-electron chi connectivity index (χ2n) is 10.7. The summed E-state index contributed by atoms with van der Waals surface area (Å²) in [5.41, 5.74) is 0.169. The fourth-order valence-electron chi connectivity index (χ4n) is 8.03. The molecule has 0 spiro atoms. The Morgan fingerprint density at radius 1 is 1.00 bits per heavy atom. The van der Waals surface area contributed by atoms with Crippen molar-refractivity contribution in [2.75, 3.05) is 5.33 Å². The van der Waals surface area contributed by atoms with E-state index in [1.54, 1.807) is 0 Å². The predicted octanol–water partition coefficient (Wildman–Crippen LogP) is 6.95. The molecular formula is C23H32Br4O3. The number of Topliss-reactive ketones (excluding diaryl/α,β-unsaturated/α-hetero) is 1. The molecule has 4 saturated carbocycles. The van der Waals surface area contributed by atoms with Crippen LogP contribution in [0.3, 0.4) is 0 Å². The van der Waals surface area contributed by atoms with E-state index in [-0.39, 0.29) is 27.2 Å². The van der Waals surface area contributed by atoms with Crippen molar-refractivity contribution < 1.29 is 14.3 Å². The van der Waals surface area contributed by atoms with Crippen LogP contribution in [0, 0.1) is 28.6 Å². The molecule has 7 heteroatoms. The Labute approximate surface area is 214 Å². The molecule has 170 valence electrons. The summed E-state index contributed by atoms with van der Waals surface area (Å²) in [5.74, 6) is 1.95. The van der Waals surface area contributed by atoms with E-state index in [1.165, 1.54) is 13.3 Å². The van der Waals surface area contributed by atoms with Gasteiger partial charge in [0.2, 0.25) is 0 Å². The molecule has 4 rings (SSSR count). The quantitative estimate of drug-likeness (QED) is 0.240. The minimum atomic E-state index is -0.391. The third-order valence-electron chi connectivity index (χ3n) is 9.68. The highest BCUT2D eigenvalue weighted by Gasteiger charge is 2.69. The van der Waals surface area contributed by atoms with Gasteiger partial charge in [-0.2, -0.15) is 0 Å². The fourth-order valence-corrected chi connectivity index (χ4v) is 11.9. The van der Waals surface area contributed by atoms with Crippen molar-refractivity contribution >= 4 is 75.5 Å². The van der Waals surface area contributed by atoms with Gasteiger partial charge in [-0.3, -0.25) is 9.59 Å². The molecule has 0 aliphatic heterocycles. The van der Waals surface area contributed by atoms with E-state index in [9.17, 15) is 9.59 Å². The minimum Gasteiger partial charge on any atom is -0.463 e. The van der Waals surface area contributed by atoms with Gasteiger partial charge >= 0.3 is 5.97 Å². The molecule has 3 nitrogen and oxygen atoms in total. The standard InChI is InChI=1S/C23H32Br4O3/c1-13(28)30-14-4-7-21(3)16-5-8-20(2)17(6-9-22(20,26)19(29)12-24)15(16)10-18(25)23(21,27)11-14/h14-18H,4-12H2,1-3H3/t14-,15+,16-,17-,18+,20-,21+,22-,23+/m0/s1. The zero-order chi connectivity index (χ0) is 22.1. The first-order valence-electron chi connectivity index (χ1n) is 11.2. The lowest BCUT2D eigenvalue weighted by atomic mass is 9.44. The van der Waals surface area contributed by atoms with Crippen molar-refractivity contribution in [3.63, 3.8) is 0 Å². The number of hydrogen-bond acceptors (Lipinski definition) is 3. The van der Waals surface area contributed by atoms with Gasteiger partial charge in [0.05, 0.1) is 9.65 Å². The molecule has 0 bridgehead atoms. The maximum Gasteiger partial charge on any atom is 0.302 e. The normalized spacial score (nSPS) is 52.7. The van der Waals surface area contributed by atoms with Crippen LogP contribution < -0.4 is 0 Å². The number of carbonyl (C=O) groups excluding carboxylic acids is 2. The summed E-state index contributed by atoms with van der Waals surface area (Å²) >= 11 is 15.7. The zero-order valence-corrected chi connectivity index (χ0v) is 24.3. The third kappa shape index (κ3) is 3.24. The Bertz CT molecular complexity index is 746. The van der Waals surface area contributed by atoms with Gasteiger partial charge in [-0.15, -0.1) is 0 Å². The zero-order valence-electron chi connectivity index (χ0n) is 18.0. The monoisotopic (exact) mass is 672 g/mol. The van der Waals surface area contributed by atoms with Crippen molar-refractivity contribution in [1.29, 1.82) is 0 Å². The first kappa shape index (κ1) is 24.2. The molecule has 0 aromatic carbocycles. The highest BCUT2D eigenvalue weighted by molar-refractivity contribution is 9.12. The molecule has 0 aromatic heterocycles. The van der Waals surface area contributed by atoms with Crippen LogP contribution in [-0.4, -0.2) is 36.7 Å². The van der Waals surface area contributed by atoms with Crippen LogP contribution in [0.5, 0.6) is 0 Å². The number of halogens is 4. The van der Waals surface area contributed by atoms with Crippen LogP contribution in [0.4, 0.5) is 0 Å². The molecule has 0 N–H and O–H groups in total. The molecule has 0 heterocycles. The summed E-state index contributed by atoms with van der Waals surface area (Å²) in [7, 11) is 0. The van der Waals surface area contributed by atoms with Crippen molar-refractivity contribution in [1.82, 2.24) is 0 Å². The average molecular weight is 676 g/mol. The van der Waals surface area contributed by atoms with Crippen LogP contribution in [-0.2, 0) is 14.3 Å². The average Bonchev–Trinajstić information content (AvgIpc) is 2.95. The molecule has 0 saturated heterocycles. The summed E-state index contributed by atoms with van der Waals surface area (Å²) in [5, 5.41) is 0.426. The lowest BCUT2D eigenvalue weighted by Crippen LogP contribution is -2.65. The Morgan fingerprint density at radius 2 is 1.60 bits per heavy atom. The van der Waals surface area contributed by atoms with E-state index in [0.29, 0.717) is 33.7 Å². The molecule has 0 aromatic rings. The number of rotatable bonds is 3. The van der Waals surface area contributed by atoms with Crippen molar-refractivity contribution in [2.45, 2.75) is 91.7 Å². The van der Waals surface area contributed by atoms with Crippen molar-refractivity contribution in [2.24, 2.45) is 28.6 Å². The fraction of sp³-hybridized carbons (Fsp3) is 0.913. The Hall–Kier alpha value is 1.06. The largest absolute Gasteiger partial charge is 0.463 e. The SMILES string of the molecule is CC(=O)O[C@H]1CC[C@]2(C)[C@H]3CC[C@@]4(C)[C@@H](CC[C@]4(Br)C(=O)CBr)[C@@H]3C[C@@H](Br)[C@]2(Br)C1. The van der Waals surface area contributed by atoms with Gasteiger partial charge in [0.25, 0.3) is 0 Å². The second-order valence-corrected chi connectivity index (χ2v) is 15.1. The Kier molecular flexibility index (Phi) is 6.51. The Morgan fingerprint density at radius 3 is 2.23 bits per heavy atom. The van der Waals surface area contributed by atoms with E-state index in [1.807, 2.05) is 0 Å². The summed E-state index contributed by atoms with van der Waals surface area (Å²) in [6.45, 7) is 6.36. The van der Waals surface area contributed by atoms with Gasteiger partial charge in [0, 0.05) is 22.5 Å². The predicted molar refractivity (Wildman–Crippen MR) is 134 cm³/mol. The molecule has 30 heavy (non-hydrogen) atoms. The molecular weight excluding hydrogens is 644 g/mol. The van der Waals surface area contributed by atoms with Gasteiger partial charge < -0.3 is 4.74 Å². The van der Waals surface area contributed by atoms with E-state index < -0.39 is 4.32 Å². The first-order chi connectivity index (χ1) is 13.9. The number of fused-ring (bicyclic) bond motifs is 5. The van der Waals surface area contributed by atoms with Crippen molar-refractivity contribution in [3.05, 3.63) is 0 Å². The molecule has 0 unspecified atom stereocenters. The number of alkyl halides is 4. The molecule has 9 atom stereocenters. The summed E-state index contributed by atoms with van der Waals surface area (Å²) in [4.78, 5) is 24.8. The number of ketones is 1. The molecule has 0 radical (unpaired) electrons. The van der Waals surface area contributed by atoms with E-state index in [0.717, 1.165) is 44.9 Å². The van der Waals surface area contributed by atoms with E-state index in [4.69, 9.17) is 4.74 Å². The van der Waals surface area contributed by atoms with Crippen LogP contribution in [0.25, 0.3) is 0 Å². The van der Waals surface area contributed by atoms with Gasteiger partial charge in [-0.1, -0.05) is 77.6 Å². The van der Waals surface area contributed by atoms with Gasteiger partial charge in [-0.25, -0.2) is 0 Å². The van der Waals surface area contributed by atoms with Crippen LogP contribution >= 0.6 is 63.7 Å². The Balaban J connectivity index is 1.65. The molecule has 4 fully saturated rings. The maximum atomic E-state index is 12.9. The molecule has 0 amide bonds. The minimum absolute atomic E-state index is 0.00127. The first-order valence-corrected chi connectivity index (χ1v) is 14.8. The lowest BCUT2D eigenvalue weighted by molar-refractivity contribution is -0.155. The highest BCUT2D eigenvalue weighted by Crippen LogP contribution is 2.72. The summed E-state index contributed by atoms with van der Waals surface area (Å²) < 4.78 is 5.19. The summed E-state index contributed by atoms with van der Waals surface area (Å²) in [6.07, 6.45) is 8.34. The second kappa shape index (κ2) is 8.08. The van der Waals surface area contributed by atoms with Crippen LogP contribution in [0.1, 0.15) is 72.1 Å². The van der Waals surface area contributed by atoms with E-state index in [2.05, 4.69) is 77.6 Å². The smallest absolute Gasteiger partial charge is 0.302 e. The number of esters is 1. The van der Waals surface area contributed by atoms with Gasteiger partial charge in [-0.05, 0) is 73.5 Å². The molecule has 4 aliphatic carbocycles. The molecule has 4 aliphatic rings. The van der Waals surface area contributed by atoms with Crippen LogP contribution in [0.2, 0.25) is 0 Å². The number of ether oxygens (including phenoxy) is 1. The van der Waals surface area contributed by atoms with E-state index >= 15 is 0 Å². The van der Waals surface area contributed by atoms with Gasteiger partial charge in [0.15, 0.2) is 5.78 Å². The summed E-state index contributed by atoms with van der Waals surface area (Å²) in [6, 6.07) is 0. The number of carbonyl (C=O) groups is 2. The van der Waals surface area contributed by atoms with Crippen LogP contribution in [0.15, 0.2) is 0 Å². The third-order valence-corrected chi connectivity index (χ3v) is 15.5. The number of hydrogen-bond donors (Lipinski definition) is 0. The van der Waals surface area contributed by atoms with Gasteiger partial charge in [0.1, 0.15) is 6.10 Å². The lowest BCUT2D eigenvalue weighted by Gasteiger charge is -2.66. The highest BCUT2D eigenvalue weighted by atomic mass is 79.9. The van der Waals surface area contributed by atoms with Crippen molar-refractivity contribution in [3.8, 4) is 0 Å².